The lowest BCUT2D eigenvalue weighted by atomic mass is 10.1. The van der Waals surface area contributed by atoms with E-state index in [1.165, 1.54) is 13.8 Å². The van der Waals surface area contributed by atoms with Crippen molar-refractivity contribution in [2.24, 2.45) is 0 Å². The molecule has 0 radical (unpaired) electrons. The van der Waals surface area contributed by atoms with Crippen LogP contribution in [0.25, 0.3) is 0 Å². The third-order valence-electron chi connectivity index (χ3n) is 3.51. The number of ketones is 1. The topological polar surface area (TPSA) is 72.5 Å². The standard InChI is InChI=1S/C19H19NO4/c1-12-8-7-11-16(17(12)20-14(3)21)19(23)24-13(2)18(22)15-9-5-4-6-10-15/h4-11,13H,1-3H3,(H,20,21)/t13-/m0/s1. The van der Waals surface area contributed by atoms with E-state index < -0.39 is 12.1 Å². The highest BCUT2D eigenvalue weighted by atomic mass is 16.5. The number of carbonyl (C=O) groups is 3. The van der Waals surface area contributed by atoms with Gasteiger partial charge in [0.2, 0.25) is 11.7 Å². The number of benzene rings is 2. The molecule has 0 heterocycles. The molecule has 0 unspecified atom stereocenters. The third-order valence-corrected chi connectivity index (χ3v) is 3.51. The molecule has 0 bridgehead atoms. The summed E-state index contributed by atoms with van der Waals surface area (Å²) in [6.07, 6.45) is -0.925. The van der Waals surface area contributed by atoms with Gasteiger partial charge in [0.25, 0.3) is 0 Å². The van der Waals surface area contributed by atoms with E-state index in [4.69, 9.17) is 4.74 Å². The Balaban J connectivity index is 2.19. The number of anilines is 1. The molecule has 0 saturated heterocycles. The molecule has 0 spiro atoms. The van der Waals surface area contributed by atoms with E-state index in [-0.39, 0.29) is 17.3 Å². The van der Waals surface area contributed by atoms with Gasteiger partial charge in [-0.1, -0.05) is 42.5 Å². The van der Waals surface area contributed by atoms with Crippen LogP contribution in [0.2, 0.25) is 0 Å². The molecule has 2 rings (SSSR count). The number of hydrogen-bond donors (Lipinski definition) is 1. The number of amides is 1. The Labute approximate surface area is 140 Å². The molecule has 2 aromatic carbocycles. The van der Waals surface area contributed by atoms with Gasteiger partial charge in [-0.15, -0.1) is 0 Å². The van der Waals surface area contributed by atoms with E-state index in [0.29, 0.717) is 11.3 Å². The molecule has 5 nitrogen and oxygen atoms in total. The number of hydrogen-bond acceptors (Lipinski definition) is 4. The molecule has 1 N–H and O–H groups in total. The average Bonchev–Trinajstić information content (AvgIpc) is 2.56. The van der Waals surface area contributed by atoms with Crippen molar-refractivity contribution < 1.29 is 19.1 Å². The van der Waals surface area contributed by atoms with Crippen LogP contribution in [-0.4, -0.2) is 23.8 Å². The number of para-hydroxylation sites is 1. The number of aryl methyl sites for hydroxylation is 1. The summed E-state index contributed by atoms with van der Waals surface area (Å²) in [5.74, 6) is -1.22. The first-order valence-corrected chi connectivity index (χ1v) is 7.57. The van der Waals surface area contributed by atoms with Crippen molar-refractivity contribution >= 4 is 23.3 Å². The number of rotatable bonds is 5. The van der Waals surface area contributed by atoms with Crippen LogP contribution in [0.1, 0.15) is 40.1 Å². The molecular formula is C19H19NO4. The van der Waals surface area contributed by atoms with Gasteiger partial charge in [0.1, 0.15) is 0 Å². The number of ether oxygens (including phenoxy) is 1. The van der Waals surface area contributed by atoms with Crippen molar-refractivity contribution in [3.05, 3.63) is 65.2 Å². The first-order chi connectivity index (χ1) is 11.4. The highest BCUT2D eigenvalue weighted by Crippen LogP contribution is 2.22. The largest absolute Gasteiger partial charge is 0.451 e. The van der Waals surface area contributed by atoms with Crippen LogP contribution in [0.4, 0.5) is 5.69 Å². The fourth-order valence-electron chi connectivity index (χ4n) is 2.29. The molecule has 124 valence electrons. The fraction of sp³-hybridized carbons (Fsp3) is 0.211. The number of nitrogens with one attached hydrogen (secondary N) is 1. The van der Waals surface area contributed by atoms with E-state index >= 15 is 0 Å². The van der Waals surface area contributed by atoms with Gasteiger partial charge < -0.3 is 10.1 Å². The zero-order valence-electron chi connectivity index (χ0n) is 13.8. The minimum Gasteiger partial charge on any atom is -0.451 e. The maximum atomic E-state index is 12.4. The van der Waals surface area contributed by atoms with Gasteiger partial charge in [0.05, 0.1) is 11.3 Å². The molecule has 24 heavy (non-hydrogen) atoms. The van der Waals surface area contributed by atoms with Crippen LogP contribution < -0.4 is 5.32 Å². The van der Waals surface area contributed by atoms with Crippen LogP contribution in [0.15, 0.2) is 48.5 Å². The number of Topliss-reactive ketones (excluding diaryl/α,β-unsaturated/α-hetero) is 1. The smallest absolute Gasteiger partial charge is 0.340 e. The second-order valence-corrected chi connectivity index (χ2v) is 5.46. The SMILES string of the molecule is CC(=O)Nc1c(C)cccc1C(=O)O[C@@H](C)C(=O)c1ccccc1. The van der Waals surface area contributed by atoms with Crippen LogP contribution >= 0.6 is 0 Å². The van der Waals surface area contributed by atoms with Gasteiger partial charge in [-0.3, -0.25) is 9.59 Å². The summed E-state index contributed by atoms with van der Waals surface area (Å²) in [5.41, 5.74) is 1.83. The average molecular weight is 325 g/mol. The predicted molar refractivity (Wildman–Crippen MR) is 91.1 cm³/mol. The van der Waals surface area contributed by atoms with Crippen molar-refractivity contribution in [1.82, 2.24) is 0 Å². The van der Waals surface area contributed by atoms with Gasteiger partial charge in [-0.05, 0) is 25.5 Å². The highest BCUT2D eigenvalue weighted by molar-refractivity contribution is 6.04. The van der Waals surface area contributed by atoms with Crippen LogP contribution in [0, 0.1) is 6.92 Å². The summed E-state index contributed by atoms with van der Waals surface area (Å²) >= 11 is 0. The zero-order valence-corrected chi connectivity index (χ0v) is 13.8. The number of carbonyl (C=O) groups excluding carboxylic acids is 3. The van der Waals surface area contributed by atoms with Crippen LogP contribution in [0.5, 0.6) is 0 Å². The van der Waals surface area contributed by atoms with Crippen molar-refractivity contribution in [3.63, 3.8) is 0 Å². The summed E-state index contributed by atoms with van der Waals surface area (Å²) in [7, 11) is 0. The highest BCUT2D eigenvalue weighted by Gasteiger charge is 2.22. The molecule has 2 aromatic rings. The van der Waals surface area contributed by atoms with Crippen molar-refractivity contribution in [3.8, 4) is 0 Å². The van der Waals surface area contributed by atoms with Crippen molar-refractivity contribution in [2.45, 2.75) is 26.9 Å². The Kier molecular flexibility index (Phi) is 5.47. The molecule has 1 amide bonds. The molecule has 0 aliphatic heterocycles. The minimum atomic E-state index is -0.925. The molecule has 0 aliphatic rings. The lowest BCUT2D eigenvalue weighted by Gasteiger charge is -2.15. The van der Waals surface area contributed by atoms with Crippen molar-refractivity contribution in [2.75, 3.05) is 5.32 Å². The molecule has 0 fully saturated rings. The maximum absolute atomic E-state index is 12.4. The molecule has 5 heteroatoms. The fourth-order valence-corrected chi connectivity index (χ4v) is 2.29. The van der Waals surface area contributed by atoms with E-state index in [1.54, 1.807) is 55.5 Å². The summed E-state index contributed by atoms with van der Waals surface area (Å²) < 4.78 is 5.29. The Morgan fingerprint density at radius 3 is 2.29 bits per heavy atom. The van der Waals surface area contributed by atoms with E-state index in [2.05, 4.69) is 5.32 Å². The molecule has 1 atom stereocenters. The monoisotopic (exact) mass is 325 g/mol. The first kappa shape index (κ1) is 17.4. The van der Waals surface area contributed by atoms with E-state index in [1.807, 2.05) is 0 Å². The van der Waals surface area contributed by atoms with E-state index in [9.17, 15) is 14.4 Å². The lowest BCUT2D eigenvalue weighted by molar-refractivity contribution is -0.114. The molecule has 0 saturated carbocycles. The Bertz CT molecular complexity index is 768. The van der Waals surface area contributed by atoms with Crippen LogP contribution in [-0.2, 0) is 9.53 Å². The van der Waals surface area contributed by atoms with Crippen LogP contribution in [0.3, 0.4) is 0 Å². The first-order valence-electron chi connectivity index (χ1n) is 7.57. The zero-order chi connectivity index (χ0) is 17.7. The number of esters is 1. The lowest BCUT2D eigenvalue weighted by Crippen LogP contribution is -2.25. The molecule has 0 aliphatic carbocycles. The summed E-state index contributed by atoms with van der Waals surface area (Å²) in [4.78, 5) is 36.1. The second-order valence-electron chi connectivity index (χ2n) is 5.46. The van der Waals surface area contributed by atoms with Gasteiger partial charge in [0, 0.05) is 12.5 Å². The van der Waals surface area contributed by atoms with Gasteiger partial charge in [-0.2, -0.15) is 0 Å². The quantitative estimate of drug-likeness (QED) is 0.675. The summed E-state index contributed by atoms with van der Waals surface area (Å²) in [5, 5.41) is 2.63. The predicted octanol–water partition coefficient (Wildman–Crippen LogP) is 3.38. The Hall–Kier alpha value is -2.95. The summed E-state index contributed by atoms with van der Waals surface area (Å²) in [6, 6.07) is 13.7. The maximum Gasteiger partial charge on any atom is 0.340 e. The van der Waals surface area contributed by atoms with Gasteiger partial charge in [-0.25, -0.2) is 4.79 Å². The van der Waals surface area contributed by atoms with Crippen molar-refractivity contribution in [1.29, 1.82) is 0 Å². The Morgan fingerprint density at radius 2 is 1.67 bits per heavy atom. The van der Waals surface area contributed by atoms with Gasteiger partial charge >= 0.3 is 5.97 Å². The van der Waals surface area contributed by atoms with E-state index in [0.717, 1.165) is 5.56 Å². The van der Waals surface area contributed by atoms with Gasteiger partial charge in [0.15, 0.2) is 6.10 Å². The second kappa shape index (κ2) is 7.55. The summed E-state index contributed by atoms with van der Waals surface area (Å²) in [6.45, 7) is 4.67. The molecular weight excluding hydrogens is 306 g/mol. The third kappa shape index (κ3) is 4.07. The Morgan fingerprint density at radius 1 is 1.00 bits per heavy atom. The normalized spacial score (nSPS) is 11.5. The molecule has 0 aromatic heterocycles. The minimum absolute atomic E-state index is 0.220.